The minimum Gasteiger partial charge on any atom is -0.497 e. The van der Waals surface area contributed by atoms with Gasteiger partial charge in [-0.3, -0.25) is 9.69 Å². The van der Waals surface area contributed by atoms with Crippen molar-refractivity contribution in [1.82, 2.24) is 0 Å². The van der Waals surface area contributed by atoms with E-state index in [1.165, 1.54) is 11.8 Å². The zero-order valence-electron chi connectivity index (χ0n) is 15.3. The first-order valence-electron chi connectivity index (χ1n) is 8.60. The molecule has 0 aromatic heterocycles. The van der Waals surface area contributed by atoms with Crippen molar-refractivity contribution in [3.05, 3.63) is 71.1 Å². The minimum absolute atomic E-state index is 0.125. The van der Waals surface area contributed by atoms with Gasteiger partial charge in [-0.1, -0.05) is 54.3 Å². The van der Waals surface area contributed by atoms with Crippen LogP contribution in [0.1, 0.15) is 5.56 Å². The molecule has 4 nitrogen and oxygen atoms in total. The standard InChI is InChI=1S/C22H17NO3S2/c1-25-16-10-8-15(9-11-16)23-21(24)20(28-22(23)27)13-14-7-12-19(26-2)18-6-4-3-5-17(14)18/h3-13H,1-2H3/b20-13-. The van der Waals surface area contributed by atoms with E-state index in [0.29, 0.717) is 9.23 Å². The molecule has 0 saturated carbocycles. The van der Waals surface area contributed by atoms with E-state index in [4.69, 9.17) is 21.7 Å². The fraction of sp³-hybridized carbons (Fsp3) is 0.0909. The second kappa shape index (κ2) is 7.66. The number of fused-ring (bicyclic) bond motifs is 1. The molecular weight excluding hydrogens is 390 g/mol. The molecule has 140 valence electrons. The molecule has 1 heterocycles. The van der Waals surface area contributed by atoms with Crippen molar-refractivity contribution >= 4 is 56.7 Å². The third kappa shape index (κ3) is 3.25. The maximum atomic E-state index is 13.0. The molecule has 3 aromatic carbocycles. The number of benzene rings is 3. The van der Waals surface area contributed by atoms with Crippen molar-refractivity contribution < 1.29 is 14.3 Å². The maximum Gasteiger partial charge on any atom is 0.270 e. The lowest BCUT2D eigenvalue weighted by atomic mass is 10.0. The molecule has 0 bridgehead atoms. The van der Waals surface area contributed by atoms with E-state index < -0.39 is 0 Å². The molecule has 3 aromatic rings. The summed E-state index contributed by atoms with van der Waals surface area (Å²) in [5.74, 6) is 1.41. The molecule has 0 atom stereocenters. The Hall–Kier alpha value is -2.83. The van der Waals surface area contributed by atoms with Crippen LogP contribution in [0.2, 0.25) is 0 Å². The Bertz CT molecular complexity index is 1110. The smallest absolute Gasteiger partial charge is 0.270 e. The third-order valence-electron chi connectivity index (χ3n) is 4.55. The highest BCUT2D eigenvalue weighted by Gasteiger charge is 2.33. The highest BCUT2D eigenvalue weighted by atomic mass is 32.2. The molecule has 1 aliphatic heterocycles. The number of rotatable bonds is 4. The largest absolute Gasteiger partial charge is 0.497 e. The van der Waals surface area contributed by atoms with Gasteiger partial charge in [-0.15, -0.1) is 0 Å². The van der Waals surface area contributed by atoms with Gasteiger partial charge in [0, 0.05) is 5.39 Å². The van der Waals surface area contributed by atoms with E-state index in [0.717, 1.165) is 33.5 Å². The Morgan fingerprint density at radius 3 is 2.32 bits per heavy atom. The molecule has 6 heteroatoms. The van der Waals surface area contributed by atoms with E-state index in [-0.39, 0.29) is 5.91 Å². The number of thiocarbonyl (C=S) groups is 1. The number of ether oxygens (including phenoxy) is 2. The molecule has 1 amide bonds. The molecule has 0 spiro atoms. The van der Waals surface area contributed by atoms with Crippen molar-refractivity contribution in [2.45, 2.75) is 0 Å². The summed E-state index contributed by atoms with van der Waals surface area (Å²) in [6.45, 7) is 0. The van der Waals surface area contributed by atoms with Gasteiger partial charge in [-0.25, -0.2) is 0 Å². The fourth-order valence-electron chi connectivity index (χ4n) is 3.16. The number of thioether (sulfide) groups is 1. The summed E-state index contributed by atoms with van der Waals surface area (Å²) in [4.78, 5) is 15.2. The van der Waals surface area contributed by atoms with Crippen LogP contribution in [-0.4, -0.2) is 24.4 Å². The fourth-order valence-corrected chi connectivity index (χ4v) is 4.45. The Balaban J connectivity index is 1.72. The predicted molar refractivity (Wildman–Crippen MR) is 119 cm³/mol. The predicted octanol–water partition coefficient (Wildman–Crippen LogP) is 5.26. The minimum atomic E-state index is -0.125. The van der Waals surface area contributed by atoms with Gasteiger partial charge < -0.3 is 9.47 Å². The average molecular weight is 408 g/mol. The number of nitrogens with zero attached hydrogens (tertiary/aromatic N) is 1. The van der Waals surface area contributed by atoms with Crippen molar-refractivity contribution in [2.24, 2.45) is 0 Å². The van der Waals surface area contributed by atoms with Crippen LogP contribution in [0.25, 0.3) is 16.8 Å². The number of hydrogen-bond donors (Lipinski definition) is 0. The molecular formula is C22H17NO3S2. The topological polar surface area (TPSA) is 38.8 Å². The van der Waals surface area contributed by atoms with Crippen LogP contribution < -0.4 is 14.4 Å². The van der Waals surface area contributed by atoms with Gasteiger partial charge in [0.1, 0.15) is 11.5 Å². The summed E-state index contributed by atoms with van der Waals surface area (Å²) < 4.78 is 11.1. The quantitative estimate of drug-likeness (QED) is 0.436. The van der Waals surface area contributed by atoms with Crippen molar-refractivity contribution in [1.29, 1.82) is 0 Å². The van der Waals surface area contributed by atoms with Crippen LogP contribution >= 0.6 is 24.0 Å². The molecule has 0 aliphatic carbocycles. The average Bonchev–Trinajstić information content (AvgIpc) is 3.01. The Kier molecular flexibility index (Phi) is 5.07. The second-order valence-corrected chi connectivity index (χ2v) is 7.79. The van der Waals surface area contributed by atoms with Gasteiger partial charge in [0.05, 0.1) is 24.8 Å². The molecule has 1 fully saturated rings. The summed E-state index contributed by atoms with van der Waals surface area (Å²) >= 11 is 6.77. The third-order valence-corrected chi connectivity index (χ3v) is 5.85. The van der Waals surface area contributed by atoms with E-state index in [9.17, 15) is 4.79 Å². The number of amides is 1. The van der Waals surface area contributed by atoms with Crippen LogP contribution in [0.15, 0.2) is 65.6 Å². The van der Waals surface area contributed by atoms with E-state index in [2.05, 4.69) is 0 Å². The van der Waals surface area contributed by atoms with Crippen LogP contribution in [0.4, 0.5) is 5.69 Å². The van der Waals surface area contributed by atoms with Gasteiger partial charge in [0.15, 0.2) is 4.32 Å². The first kappa shape index (κ1) is 18.5. The number of hydrogen-bond acceptors (Lipinski definition) is 5. The molecule has 28 heavy (non-hydrogen) atoms. The first-order valence-corrected chi connectivity index (χ1v) is 9.82. The summed E-state index contributed by atoms with van der Waals surface area (Å²) in [7, 11) is 3.26. The summed E-state index contributed by atoms with van der Waals surface area (Å²) in [5.41, 5.74) is 1.68. The van der Waals surface area contributed by atoms with Crippen molar-refractivity contribution in [3.63, 3.8) is 0 Å². The van der Waals surface area contributed by atoms with E-state index in [1.54, 1.807) is 19.1 Å². The first-order chi connectivity index (χ1) is 13.6. The molecule has 0 radical (unpaired) electrons. The van der Waals surface area contributed by atoms with Crippen LogP contribution in [0.5, 0.6) is 11.5 Å². The summed E-state index contributed by atoms with van der Waals surface area (Å²) in [5, 5.41) is 2.03. The lowest BCUT2D eigenvalue weighted by molar-refractivity contribution is -0.113. The van der Waals surface area contributed by atoms with Gasteiger partial charge in [-0.05, 0) is 47.4 Å². The van der Waals surface area contributed by atoms with Crippen LogP contribution in [0, 0.1) is 0 Å². The lowest BCUT2D eigenvalue weighted by Crippen LogP contribution is -2.27. The van der Waals surface area contributed by atoms with Crippen LogP contribution in [0.3, 0.4) is 0 Å². The van der Waals surface area contributed by atoms with Crippen molar-refractivity contribution in [3.8, 4) is 11.5 Å². The maximum absolute atomic E-state index is 13.0. The molecule has 0 unspecified atom stereocenters. The zero-order valence-corrected chi connectivity index (χ0v) is 17.0. The molecule has 1 saturated heterocycles. The molecule has 1 aliphatic rings. The Morgan fingerprint density at radius 1 is 0.929 bits per heavy atom. The second-order valence-electron chi connectivity index (χ2n) is 6.12. The number of carbonyl (C=O) groups is 1. The Labute approximate surface area is 172 Å². The number of carbonyl (C=O) groups excluding carboxylic acids is 1. The normalized spacial score (nSPS) is 15.5. The van der Waals surface area contributed by atoms with Crippen LogP contribution in [-0.2, 0) is 4.79 Å². The van der Waals surface area contributed by atoms with Gasteiger partial charge in [0.2, 0.25) is 0 Å². The molecule has 4 rings (SSSR count). The monoisotopic (exact) mass is 407 g/mol. The molecule has 0 N–H and O–H groups in total. The lowest BCUT2D eigenvalue weighted by Gasteiger charge is -2.14. The van der Waals surface area contributed by atoms with E-state index in [1.807, 2.05) is 66.7 Å². The van der Waals surface area contributed by atoms with E-state index >= 15 is 0 Å². The summed E-state index contributed by atoms with van der Waals surface area (Å²) in [6.07, 6.45) is 1.89. The van der Waals surface area contributed by atoms with Gasteiger partial charge in [-0.2, -0.15) is 0 Å². The van der Waals surface area contributed by atoms with Gasteiger partial charge in [0.25, 0.3) is 5.91 Å². The number of anilines is 1. The Morgan fingerprint density at radius 2 is 1.64 bits per heavy atom. The highest BCUT2D eigenvalue weighted by molar-refractivity contribution is 8.27. The zero-order chi connectivity index (χ0) is 19.7. The highest BCUT2D eigenvalue weighted by Crippen LogP contribution is 2.38. The van der Waals surface area contributed by atoms with Crippen molar-refractivity contribution in [2.75, 3.05) is 19.1 Å². The summed E-state index contributed by atoms with van der Waals surface area (Å²) in [6, 6.07) is 19.1. The number of methoxy groups -OCH3 is 2. The van der Waals surface area contributed by atoms with Gasteiger partial charge >= 0.3 is 0 Å². The SMILES string of the molecule is COc1ccc(N2C(=O)/C(=C/c3ccc(OC)c4ccccc34)SC2=S)cc1.